The van der Waals surface area contributed by atoms with Crippen LogP contribution >= 0.6 is 0 Å². The molecule has 160 valence electrons. The van der Waals surface area contributed by atoms with Crippen LogP contribution in [0.5, 0.6) is 0 Å². The van der Waals surface area contributed by atoms with Crippen molar-refractivity contribution in [2.45, 2.75) is 25.7 Å². The average Bonchev–Trinajstić information content (AvgIpc) is 2.72. The van der Waals surface area contributed by atoms with Crippen molar-refractivity contribution in [3.05, 3.63) is 35.9 Å². The minimum atomic E-state index is -0.930. The third kappa shape index (κ3) is 12.3. The van der Waals surface area contributed by atoms with Gasteiger partial charge in [0.05, 0.1) is 26.4 Å². The second-order valence-electron chi connectivity index (χ2n) is 5.88. The lowest BCUT2D eigenvalue weighted by Crippen LogP contribution is -2.20. The first-order chi connectivity index (χ1) is 14.0. The van der Waals surface area contributed by atoms with E-state index >= 15 is 0 Å². The summed E-state index contributed by atoms with van der Waals surface area (Å²) in [7, 11) is 0. The van der Waals surface area contributed by atoms with E-state index < -0.39 is 17.7 Å². The number of esters is 2. The second kappa shape index (κ2) is 15.2. The molecule has 1 N–H and O–H groups in total. The smallest absolute Gasteiger partial charge is 0.379 e. The maximum atomic E-state index is 11.8. The highest BCUT2D eigenvalue weighted by Gasteiger charge is 2.17. The zero-order chi connectivity index (χ0) is 21.3. The predicted molar refractivity (Wildman–Crippen MR) is 100 cm³/mol. The van der Waals surface area contributed by atoms with Gasteiger partial charge in [0.2, 0.25) is 0 Å². The fourth-order valence-electron chi connectivity index (χ4n) is 2.12. The van der Waals surface area contributed by atoms with Crippen LogP contribution < -0.4 is 0 Å². The topological polar surface area (TPSA) is 125 Å². The summed E-state index contributed by atoms with van der Waals surface area (Å²) in [6, 6.07) is 8.13. The SMILES string of the molecule is O=C(O)CCCCC(=O)OCCOCCOCCOC(=O)C(=O)c1ccccc1. The Balaban J connectivity index is 1.91. The zero-order valence-electron chi connectivity index (χ0n) is 16.2. The van der Waals surface area contributed by atoms with Crippen LogP contribution in [-0.2, 0) is 33.3 Å². The predicted octanol–water partition coefficient (Wildman–Crippen LogP) is 1.63. The lowest BCUT2D eigenvalue weighted by Gasteiger charge is -2.07. The molecule has 0 aliphatic carbocycles. The van der Waals surface area contributed by atoms with Gasteiger partial charge in [-0.25, -0.2) is 4.79 Å². The summed E-state index contributed by atoms with van der Waals surface area (Å²) in [6.07, 6.45) is 1.14. The third-order valence-corrected chi connectivity index (χ3v) is 3.57. The number of Topliss-reactive ketones (excluding diaryl/α,β-unsaturated/α-hetero) is 1. The summed E-state index contributed by atoms with van der Waals surface area (Å²) < 4.78 is 20.2. The number of hydrogen-bond acceptors (Lipinski definition) is 8. The Labute approximate surface area is 168 Å². The largest absolute Gasteiger partial charge is 0.481 e. The molecule has 1 aromatic rings. The van der Waals surface area contributed by atoms with E-state index in [1.165, 1.54) is 12.1 Å². The van der Waals surface area contributed by atoms with Crippen LogP contribution in [0.2, 0.25) is 0 Å². The van der Waals surface area contributed by atoms with E-state index in [2.05, 4.69) is 0 Å². The molecule has 9 heteroatoms. The number of ether oxygens (including phenoxy) is 4. The Morgan fingerprint density at radius 3 is 1.90 bits per heavy atom. The van der Waals surface area contributed by atoms with Gasteiger partial charge in [0.25, 0.3) is 5.78 Å². The molecule has 0 fully saturated rings. The Morgan fingerprint density at radius 2 is 1.28 bits per heavy atom. The molecule has 0 heterocycles. The van der Waals surface area contributed by atoms with Gasteiger partial charge in [0.15, 0.2) is 0 Å². The van der Waals surface area contributed by atoms with Crippen molar-refractivity contribution in [1.29, 1.82) is 0 Å². The Kier molecular flexibility index (Phi) is 12.7. The second-order valence-corrected chi connectivity index (χ2v) is 5.88. The minimum Gasteiger partial charge on any atom is -0.481 e. The molecule has 0 spiro atoms. The van der Waals surface area contributed by atoms with Crippen LogP contribution in [-0.4, -0.2) is 68.4 Å². The molecule has 0 saturated heterocycles. The summed E-state index contributed by atoms with van der Waals surface area (Å²) >= 11 is 0. The quantitative estimate of drug-likeness (QED) is 0.187. The fraction of sp³-hybridized carbons (Fsp3) is 0.500. The summed E-state index contributed by atoms with van der Waals surface area (Å²) in [6.45, 7) is 0.932. The number of ketones is 1. The zero-order valence-corrected chi connectivity index (χ0v) is 16.2. The number of carbonyl (C=O) groups excluding carboxylic acids is 3. The van der Waals surface area contributed by atoms with Gasteiger partial charge >= 0.3 is 17.9 Å². The number of hydrogen-bond donors (Lipinski definition) is 1. The van der Waals surface area contributed by atoms with Crippen LogP contribution in [0.25, 0.3) is 0 Å². The standard InChI is InChI=1S/C20H26O9/c21-17(22)8-4-5-9-18(23)28-14-12-26-10-11-27-13-15-29-20(25)19(24)16-6-2-1-3-7-16/h1-3,6-7H,4-5,8-15H2,(H,21,22). The molecular formula is C20H26O9. The number of unbranched alkanes of at least 4 members (excludes halogenated alkanes) is 1. The normalized spacial score (nSPS) is 10.3. The molecular weight excluding hydrogens is 384 g/mol. The highest BCUT2D eigenvalue weighted by molar-refractivity contribution is 6.40. The summed E-state index contributed by atoms with van der Waals surface area (Å²) in [5, 5.41) is 8.48. The third-order valence-electron chi connectivity index (χ3n) is 3.57. The molecule has 0 atom stereocenters. The Bertz CT molecular complexity index is 643. The van der Waals surface area contributed by atoms with E-state index in [1.807, 2.05) is 0 Å². The maximum absolute atomic E-state index is 11.8. The molecule has 0 aliphatic heterocycles. The van der Waals surface area contributed by atoms with Crippen molar-refractivity contribution in [2.75, 3.05) is 39.6 Å². The van der Waals surface area contributed by atoms with E-state index in [0.29, 0.717) is 12.8 Å². The first-order valence-corrected chi connectivity index (χ1v) is 9.30. The highest BCUT2D eigenvalue weighted by Crippen LogP contribution is 2.02. The van der Waals surface area contributed by atoms with Gasteiger partial charge in [-0.1, -0.05) is 30.3 Å². The molecule has 0 saturated carbocycles. The van der Waals surface area contributed by atoms with E-state index in [9.17, 15) is 19.2 Å². The lowest BCUT2D eigenvalue weighted by molar-refractivity contribution is -0.146. The van der Waals surface area contributed by atoms with Gasteiger partial charge in [0.1, 0.15) is 13.2 Å². The molecule has 0 radical (unpaired) electrons. The lowest BCUT2D eigenvalue weighted by atomic mass is 10.1. The molecule has 1 aromatic carbocycles. The van der Waals surface area contributed by atoms with Gasteiger partial charge in [0, 0.05) is 18.4 Å². The fourth-order valence-corrected chi connectivity index (χ4v) is 2.12. The van der Waals surface area contributed by atoms with E-state index in [-0.39, 0.29) is 64.0 Å². The number of carbonyl (C=O) groups is 4. The van der Waals surface area contributed by atoms with Crippen molar-refractivity contribution < 1.29 is 43.2 Å². The molecule has 0 bridgehead atoms. The van der Waals surface area contributed by atoms with Gasteiger partial charge in [-0.3, -0.25) is 14.4 Å². The Hall–Kier alpha value is -2.78. The van der Waals surface area contributed by atoms with Gasteiger partial charge in [-0.15, -0.1) is 0 Å². The van der Waals surface area contributed by atoms with Gasteiger partial charge in [-0.2, -0.15) is 0 Å². The highest BCUT2D eigenvalue weighted by atomic mass is 16.6. The van der Waals surface area contributed by atoms with Crippen LogP contribution in [0.1, 0.15) is 36.0 Å². The van der Waals surface area contributed by atoms with Crippen LogP contribution in [0, 0.1) is 0 Å². The van der Waals surface area contributed by atoms with Crippen molar-refractivity contribution in [1.82, 2.24) is 0 Å². The van der Waals surface area contributed by atoms with Gasteiger partial charge < -0.3 is 24.1 Å². The number of carboxylic acid groups (broad SMARTS) is 1. The molecule has 0 unspecified atom stereocenters. The van der Waals surface area contributed by atoms with Crippen molar-refractivity contribution >= 4 is 23.7 Å². The molecule has 1 rings (SSSR count). The summed E-state index contributed by atoms with van der Waals surface area (Å²) in [5.74, 6) is -2.90. The number of aliphatic carboxylic acids is 1. The minimum absolute atomic E-state index is 0.0406. The van der Waals surface area contributed by atoms with Crippen LogP contribution in [0.4, 0.5) is 0 Å². The number of rotatable bonds is 16. The van der Waals surface area contributed by atoms with Gasteiger partial charge in [-0.05, 0) is 12.8 Å². The van der Waals surface area contributed by atoms with Crippen molar-refractivity contribution in [3.63, 3.8) is 0 Å². The van der Waals surface area contributed by atoms with Crippen molar-refractivity contribution in [2.24, 2.45) is 0 Å². The molecule has 29 heavy (non-hydrogen) atoms. The van der Waals surface area contributed by atoms with E-state index in [4.69, 9.17) is 24.1 Å². The van der Waals surface area contributed by atoms with Crippen LogP contribution in [0.3, 0.4) is 0 Å². The average molecular weight is 410 g/mol. The summed E-state index contributed by atoms with van der Waals surface area (Å²) in [4.78, 5) is 45.1. The molecule has 0 aromatic heterocycles. The maximum Gasteiger partial charge on any atom is 0.379 e. The number of carboxylic acids is 1. The molecule has 0 amide bonds. The first-order valence-electron chi connectivity index (χ1n) is 9.30. The number of benzene rings is 1. The Morgan fingerprint density at radius 1 is 0.724 bits per heavy atom. The van der Waals surface area contributed by atoms with Crippen molar-refractivity contribution in [3.8, 4) is 0 Å². The first kappa shape index (κ1) is 24.3. The molecule has 9 nitrogen and oxygen atoms in total. The van der Waals surface area contributed by atoms with E-state index in [0.717, 1.165) is 0 Å². The summed E-state index contributed by atoms with van der Waals surface area (Å²) in [5.41, 5.74) is 0.271. The monoisotopic (exact) mass is 410 g/mol. The molecule has 0 aliphatic rings. The van der Waals surface area contributed by atoms with E-state index in [1.54, 1.807) is 18.2 Å². The van der Waals surface area contributed by atoms with Crippen LogP contribution in [0.15, 0.2) is 30.3 Å².